The summed E-state index contributed by atoms with van der Waals surface area (Å²) in [5, 5.41) is 3.36. The van der Waals surface area contributed by atoms with Crippen LogP contribution in [0.1, 0.15) is 32.6 Å². The van der Waals surface area contributed by atoms with Crippen LogP contribution in [0.15, 0.2) is 59.5 Å². The second-order valence-electron chi connectivity index (χ2n) is 7.92. The van der Waals surface area contributed by atoms with E-state index in [1.54, 1.807) is 31.2 Å². The number of carbonyl (C=O) groups excluding carboxylic acids is 1. The molecule has 3 aromatic carbocycles. The van der Waals surface area contributed by atoms with Crippen LogP contribution in [-0.4, -0.2) is 27.5 Å². The first kappa shape index (κ1) is 24.6. The van der Waals surface area contributed by atoms with E-state index in [2.05, 4.69) is 10.0 Å². The molecule has 0 aromatic heterocycles. The normalized spacial score (nSPS) is 11.2. The number of hydrogen-bond donors (Lipinski definition) is 2. The van der Waals surface area contributed by atoms with E-state index in [1.165, 1.54) is 6.07 Å². The number of carbonyl (C=O) groups is 1. The Labute approximate surface area is 200 Å². The Morgan fingerprint density at radius 3 is 2.33 bits per heavy atom. The summed E-state index contributed by atoms with van der Waals surface area (Å²) in [4.78, 5) is 12.7. The van der Waals surface area contributed by atoms with Crippen LogP contribution in [-0.2, 0) is 10.0 Å². The number of nitrogens with one attached hydrogen (secondary N) is 2. The first-order chi connectivity index (χ1) is 15.6. The van der Waals surface area contributed by atoms with Crippen molar-refractivity contribution >= 4 is 33.2 Å². The molecule has 1 amide bonds. The zero-order chi connectivity index (χ0) is 24.2. The van der Waals surface area contributed by atoms with Gasteiger partial charge in [0.15, 0.2) is 0 Å². The molecule has 0 fully saturated rings. The third kappa shape index (κ3) is 6.27. The van der Waals surface area contributed by atoms with E-state index in [1.807, 2.05) is 45.0 Å². The van der Waals surface area contributed by atoms with Gasteiger partial charge in [0.05, 0.1) is 17.1 Å². The van der Waals surface area contributed by atoms with E-state index < -0.39 is 10.0 Å². The summed E-state index contributed by atoms with van der Waals surface area (Å²) in [6, 6.07) is 15.5. The molecule has 0 aliphatic heterocycles. The molecular weight excluding hydrogens is 460 g/mol. The zero-order valence-corrected chi connectivity index (χ0v) is 20.6. The standard InChI is InChI=1S/C25H27ClN2O4S/c1-16-5-6-18(3)23(13-16)28-33(30,31)24-14-20(9-7-19(24)4)25(29)27-11-12-32-21-10-8-17(2)22(26)15-21/h5-10,13-15,28H,11-12H2,1-4H3,(H,27,29). The number of halogens is 1. The summed E-state index contributed by atoms with van der Waals surface area (Å²) in [6.45, 7) is 7.82. The van der Waals surface area contributed by atoms with Crippen molar-refractivity contribution in [3.63, 3.8) is 0 Å². The molecule has 33 heavy (non-hydrogen) atoms. The van der Waals surface area contributed by atoms with Gasteiger partial charge in [0.1, 0.15) is 12.4 Å². The fourth-order valence-electron chi connectivity index (χ4n) is 3.18. The Balaban J connectivity index is 1.67. The van der Waals surface area contributed by atoms with Crippen LogP contribution in [0.3, 0.4) is 0 Å². The predicted octanol–water partition coefficient (Wildman–Crippen LogP) is 5.18. The number of amides is 1. The van der Waals surface area contributed by atoms with Crippen LogP contribution in [0.2, 0.25) is 5.02 Å². The van der Waals surface area contributed by atoms with Crippen LogP contribution < -0.4 is 14.8 Å². The van der Waals surface area contributed by atoms with Gasteiger partial charge in [0.25, 0.3) is 15.9 Å². The minimum Gasteiger partial charge on any atom is -0.492 e. The topological polar surface area (TPSA) is 84.5 Å². The van der Waals surface area contributed by atoms with Gasteiger partial charge in [-0.2, -0.15) is 0 Å². The Hall–Kier alpha value is -3.03. The molecule has 0 aliphatic rings. The fraction of sp³-hybridized carbons (Fsp3) is 0.240. The van der Waals surface area contributed by atoms with Crippen molar-refractivity contribution in [2.45, 2.75) is 32.6 Å². The number of benzene rings is 3. The maximum absolute atomic E-state index is 13.1. The minimum atomic E-state index is -3.88. The molecule has 0 unspecified atom stereocenters. The number of rotatable bonds is 8. The molecule has 6 nitrogen and oxygen atoms in total. The maximum atomic E-state index is 13.1. The Morgan fingerprint density at radius 2 is 1.61 bits per heavy atom. The Morgan fingerprint density at radius 1 is 0.909 bits per heavy atom. The average Bonchev–Trinajstić information content (AvgIpc) is 2.76. The fourth-order valence-corrected chi connectivity index (χ4v) is 4.74. The number of aryl methyl sites for hydroxylation is 4. The molecule has 0 spiro atoms. The SMILES string of the molecule is Cc1ccc(C)c(NS(=O)(=O)c2cc(C(=O)NCCOc3ccc(C)c(Cl)c3)ccc2C)c1. The first-order valence-electron chi connectivity index (χ1n) is 10.4. The highest BCUT2D eigenvalue weighted by molar-refractivity contribution is 7.92. The van der Waals surface area contributed by atoms with Crippen LogP contribution >= 0.6 is 11.6 Å². The van der Waals surface area contributed by atoms with Gasteiger partial charge in [0.2, 0.25) is 0 Å². The van der Waals surface area contributed by atoms with Gasteiger partial charge in [-0.1, -0.05) is 35.9 Å². The van der Waals surface area contributed by atoms with Crippen molar-refractivity contribution in [3.8, 4) is 5.75 Å². The Kier molecular flexibility index (Phi) is 7.66. The number of anilines is 1. The van der Waals surface area contributed by atoms with E-state index in [4.69, 9.17) is 16.3 Å². The van der Waals surface area contributed by atoms with Crippen molar-refractivity contribution < 1.29 is 17.9 Å². The lowest BCUT2D eigenvalue weighted by atomic mass is 10.1. The molecule has 3 rings (SSSR count). The molecule has 3 aromatic rings. The van der Waals surface area contributed by atoms with Crippen molar-refractivity contribution in [2.24, 2.45) is 0 Å². The van der Waals surface area contributed by atoms with E-state index >= 15 is 0 Å². The lowest BCUT2D eigenvalue weighted by Crippen LogP contribution is -2.28. The van der Waals surface area contributed by atoms with Crippen molar-refractivity contribution in [1.29, 1.82) is 0 Å². The van der Waals surface area contributed by atoms with Crippen LogP contribution in [0.5, 0.6) is 5.75 Å². The third-order valence-electron chi connectivity index (χ3n) is 5.18. The molecule has 0 saturated heterocycles. The Bertz CT molecular complexity index is 1290. The second-order valence-corrected chi connectivity index (χ2v) is 9.98. The van der Waals surface area contributed by atoms with E-state index in [9.17, 15) is 13.2 Å². The molecular formula is C25H27ClN2O4S. The highest BCUT2D eigenvalue weighted by Crippen LogP contribution is 2.24. The molecule has 174 valence electrons. The smallest absolute Gasteiger partial charge is 0.262 e. The largest absolute Gasteiger partial charge is 0.492 e. The lowest BCUT2D eigenvalue weighted by molar-refractivity contribution is 0.0946. The van der Waals surface area contributed by atoms with Gasteiger partial charge in [-0.15, -0.1) is 0 Å². The second kappa shape index (κ2) is 10.3. The number of ether oxygens (including phenoxy) is 1. The summed E-state index contributed by atoms with van der Waals surface area (Å²) >= 11 is 6.08. The average molecular weight is 487 g/mol. The minimum absolute atomic E-state index is 0.0570. The number of hydrogen-bond acceptors (Lipinski definition) is 4. The molecule has 0 saturated carbocycles. The molecule has 0 heterocycles. The molecule has 0 aliphatic carbocycles. The highest BCUT2D eigenvalue weighted by Gasteiger charge is 2.20. The van der Waals surface area contributed by atoms with Crippen molar-refractivity contribution in [1.82, 2.24) is 5.32 Å². The van der Waals surface area contributed by atoms with Crippen molar-refractivity contribution in [2.75, 3.05) is 17.9 Å². The molecule has 0 radical (unpaired) electrons. The predicted molar refractivity (Wildman–Crippen MR) is 132 cm³/mol. The molecule has 2 N–H and O–H groups in total. The zero-order valence-electron chi connectivity index (χ0n) is 19.0. The molecule has 0 atom stereocenters. The monoisotopic (exact) mass is 486 g/mol. The molecule has 8 heteroatoms. The van der Waals surface area contributed by atoms with Crippen molar-refractivity contribution in [3.05, 3.63) is 87.4 Å². The summed E-state index contributed by atoms with van der Waals surface area (Å²) in [7, 11) is -3.88. The van der Waals surface area contributed by atoms with Gasteiger partial charge < -0.3 is 10.1 Å². The summed E-state index contributed by atoms with van der Waals surface area (Å²) < 4.78 is 34.4. The van der Waals surface area contributed by atoms with Crippen LogP contribution in [0.25, 0.3) is 0 Å². The van der Waals surface area contributed by atoms with Crippen LogP contribution in [0, 0.1) is 27.7 Å². The van der Waals surface area contributed by atoms with Gasteiger partial charge in [0, 0.05) is 10.6 Å². The first-order valence-corrected chi connectivity index (χ1v) is 12.3. The number of sulfonamides is 1. The van der Waals surface area contributed by atoms with Gasteiger partial charge in [-0.3, -0.25) is 9.52 Å². The molecule has 0 bridgehead atoms. The summed E-state index contributed by atoms with van der Waals surface area (Å²) in [5.41, 5.74) is 4.01. The third-order valence-corrected chi connectivity index (χ3v) is 7.09. The van der Waals surface area contributed by atoms with Gasteiger partial charge >= 0.3 is 0 Å². The summed E-state index contributed by atoms with van der Waals surface area (Å²) in [5.74, 6) is 0.227. The quantitative estimate of drug-likeness (QED) is 0.429. The highest BCUT2D eigenvalue weighted by atomic mass is 35.5. The van der Waals surface area contributed by atoms with Crippen LogP contribution in [0.4, 0.5) is 5.69 Å². The van der Waals surface area contributed by atoms with E-state index in [-0.39, 0.29) is 29.5 Å². The maximum Gasteiger partial charge on any atom is 0.262 e. The van der Waals surface area contributed by atoms with E-state index in [0.29, 0.717) is 22.0 Å². The van der Waals surface area contributed by atoms with Gasteiger partial charge in [-0.25, -0.2) is 8.42 Å². The van der Waals surface area contributed by atoms with Gasteiger partial charge in [-0.05, 0) is 80.3 Å². The lowest BCUT2D eigenvalue weighted by Gasteiger charge is -2.14. The van der Waals surface area contributed by atoms with E-state index in [0.717, 1.165) is 16.7 Å². The summed E-state index contributed by atoms with van der Waals surface area (Å²) in [6.07, 6.45) is 0.